The van der Waals surface area contributed by atoms with Gasteiger partial charge in [-0.1, -0.05) is 25.5 Å². The largest absolute Gasteiger partial charge is 0.483 e. The topological polar surface area (TPSA) is 58.6 Å². The van der Waals surface area contributed by atoms with E-state index in [-0.39, 0.29) is 19.1 Å². The van der Waals surface area contributed by atoms with Crippen LogP contribution in [0.1, 0.15) is 30.9 Å². The molecule has 112 valence electrons. The first-order valence-electron chi connectivity index (χ1n) is 7.14. The van der Waals surface area contributed by atoms with E-state index in [1.54, 1.807) is 0 Å². The molecule has 4 heteroatoms. The number of aryl methyl sites for hydroxylation is 2. The molecule has 0 aliphatic heterocycles. The Morgan fingerprint density at radius 3 is 2.80 bits per heavy atom. The SMILES string of the molecule is CCC(CCO)CNC(=O)COc1cc(C)ccc1C. The van der Waals surface area contributed by atoms with Gasteiger partial charge in [-0.25, -0.2) is 0 Å². The fourth-order valence-electron chi connectivity index (χ4n) is 1.95. The Morgan fingerprint density at radius 1 is 1.40 bits per heavy atom. The summed E-state index contributed by atoms with van der Waals surface area (Å²) in [5.41, 5.74) is 2.13. The van der Waals surface area contributed by atoms with Crippen molar-refractivity contribution >= 4 is 5.91 Å². The fourth-order valence-corrected chi connectivity index (χ4v) is 1.95. The summed E-state index contributed by atoms with van der Waals surface area (Å²) in [7, 11) is 0. The summed E-state index contributed by atoms with van der Waals surface area (Å²) in [6.07, 6.45) is 1.66. The quantitative estimate of drug-likeness (QED) is 0.767. The zero-order valence-corrected chi connectivity index (χ0v) is 12.6. The van der Waals surface area contributed by atoms with E-state index in [1.807, 2.05) is 32.0 Å². The van der Waals surface area contributed by atoms with E-state index in [4.69, 9.17) is 9.84 Å². The minimum atomic E-state index is -0.123. The molecule has 1 aromatic rings. The molecule has 20 heavy (non-hydrogen) atoms. The van der Waals surface area contributed by atoms with Crippen LogP contribution >= 0.6 is 0 Å². The van der Waals surface area contributed by atoms with Crippen molar-refractivity contribution in [1.29, 1.82) is 0 Å². The van der Waals surface area contributed by atoms with Crippen molar-refractivity contribution in [2.24, 2.45) is 5.92 Å². The molecule has 0 aromatic heterocycles. The lowest BCUT2D eigenvalue weighted by Crippen LogP contribution is -2.33. The first-order chi connectivity index (χ1) is 9.56. The van der Waals surface area contributed by atoms with Crippen LogP contribution in [-0.2, 0) is 4.79 Å². The second kappa shape index (κ2) is 8.59. The average Bonchev–Trinajstić information content (AvgIpc) is 2.44. The number of nitrogens with one attached hydrogen (secondary N) is 1. The lowest BCUT2D eigenvalue weighted by molar-refractivity contribution is -0.123. The van der Waals surface area contributed by atoms with E-state index in [0.29, 0.717) is 18.9 Å². The highest BCUT2D eigenvalue weighted by Crippen LogP contribution is 2.18. The number of hydrogen-bond donors (Lipinski definition) is 2. The number of hydrogen-bond acceptors (Lipinski definition) is 3. The van der Waals surface area contributed by atoms with Crippen molar-refractivity contribution < 1.29 is 14.6 Å². The zero-order valence-electron chi connectivity index (χ0n) is 12.6. The summed E-state index contributed by atoms with van der Waals surface area (Å²) in [5, 5.41) is 11.8. The molecule has 4 nitrogen and oxygen atoms in total. The number of amides is 1. The van der Waals surface area contributed by atoms with E-state index < -0.39 is 0 Å². The van der Waals surface area contributed by atoms with E-state index >= 15 is 0 Å². The minimum Gasteiger partial charge on any atom is -0.483 e. The summed E-state index contributed by atoms with van der Waals surface area (Å²) >= 11 is 0. The van der Waals surface area contributed by atoms with Gasteiger partial charge in [0, 0.05) is 13.2 Å². The molecule has 1 atom stereocenters. The van der Waals surface area contributed by atoms with Crippen molar-refractivity contribution in [3.8, 4) is 5.75 Å². The molecule has 1 rings (SSSR count). The predicted octanol–water partition coefficient (Wildman–Crippen LogP) is 2.21. The number of carbonyl (C=O) groups is 1. The maximum atomic E-state index is 11.7. The Hall–Kier alpha value is -1.55. The molecular formula is C16H25NO3. The first kappa shape index (κ1) is 16.5. The normalized spacial score (nSPS) is 12.0. The summed E-state index contributed by atoms with van der Waals surface area (Å²) in [5.74, 6) is 0.953. The van der Waals surface area contributed by atoms with Gasteiger partial charge in [-0.2, -0.15) is 0 Å². The standard InChI is InChI=1S/C16H25NO3/c1-4-14(7-8-18)10-17-16(19)11-20-15-9-12(2)5-6-13(15)3/h5-6,9,14,18H,4,7-8,10-11H2,1-3H3,(H,17,19). The zero-order chi connectivity index (χ0) is 15.0. The lowest BCUT2D eigenvalue weighted by Gasteiger charge is -2.15. The molecule has 1 unspecified atom stereocenters. The maximum Gasteiger partial charge on any atom is 0.257 e. The Morgan fingerprint density at radius 2 is 2.15 bits per heavy atom. The molecule has 1 amide bonds. The van der Waals surface area contributed by atoms with Gasteiger partial charge in [-0.3, -0.25) is 4.79 Å². The van der Waals surface area contributed by atoms with Crippen LogP contribution in [-0.4, -0.2) is 30.8 Å². The molecule has 0 saturated carbocycles. The molecule has 0 fully saturated rings. The molecule has 1 aromatic carbocycles. The Balaban J connectivity index is 2.37. The van der Waals surface area contributed by atoms with Gasteiger partial charge in [0.15, 0.2) is 6.61 Å². The van der Waals surface area contributed by atoms with E-state index in [1.165, 1.54) is 0 Å². The first-order valence-corrected chi connectivity index (χ1v) is 7.14. The summed E-state index contributed by atoms with van der Waals surface area (Å²) in [4.78, 5) is 11.7. The number of rotatable bonds is 8. The van der Waals surface area contributed by atoms with Gasteiger partial charge < -0.3 is 15.2 Å². The van der Waals surface area contributed by atoms with E-state index in [0.717, 1.165) is 23.3 Å². The van der Waals surface area contributed by atoms with Gasteiger partial charge in [0.05, 0.1) is 0 Å². The number of carbonyl (C=O) groups excluding carboxylic acids is 1. The highest BCUT2D eigenvalue weighted by Gasteiger charge is 2.09. The number of ether oxygens (including phenoxy) is 1. The second-order valence-corrected chi connectivity index (χ2v) is 5.15. The van der Waals surface area contributed by atoms with Crippen LogP contribution in [0, 0.1) is 19.8 Å². The van der Waals surface area contributed by atoms with E-state index in [2.05, 4.69) is 12.2 Å². The van der Waals surface area contributed by atoms with Crippen LogP contribution in [0.4, 0.5) is 0 Å². The minimum absolute atomic E-state index is 0.0276. The Labute approximate surface area is 121 Å². The Kier molecular flexibility index (Phi) is 7.09. The van der Waals surface area contributed by atoms with Crippen LogP contribution < -0.4 is 10.1 Å². The van der Waals surface area contributed by atoms with Gasteiger partial charge in [-0.15, -0.1) is 0 Å². The second-order valence-electron chi connectivity index (χ2n) is 5.15. The van der Waals surface area contributed by atoms with Gasteiger partial charge in [-0.05, 0) is 43.4 Å². The monoisotopic (exact) mass is 279 g/mol. The van der Waals surface area contributed by atoms with Crippen LogP contribution in [0.25, 0.3) is 0 Å². The summed E-state index contributed by atoms with van der Waals surface area (Å²) in [6.45, 7) is 6.78. The van der Waals surface area contributed by atoms with Gasteiger partial charge in [0.2, 0.25) is 0 Å². The highest BCUT2D eigenvalue weighted by molar-refractivity contribution is 5.77. The predicted molar refractivity (Wildman–Crippen MR) is 79.9 cm³/mol. The summed E-state index contributed by atoms with van der Waals surface area (Å²) in [6, 6.07) is 5.93. The van der Waals surface area contributed by atoms with Crippen molar-refractivity contribution in [2.45, 2.75) is 33.6 Å². The molecule has 0 radical (unpaired) electrons. The van der Waals surface area contributed by atoms with Crippen LogP contribution in [0.15, 0.2) is 18.2 Å². The van der Waals surface area contributed by atoms with Gasteiger partial charge in [0.1, 0.15) is 5.75 Å². The number of aliphatic hydroxyl groups excluding tert-OH is 1. The number of aliphatic hydroxyl groups is 1. The maximum absolute atomic E-state index is 11.7. The molecule has 0 saturated heterocycles. The Bertz CT molecular complexity index is 432. The van der Waals surface area contributed by atoms with Crippen molar-refractivity contribution in [2.75, 3.05) is 19.8 Å². The fraction of sp³-hybridized carbons (Fsp3) is 0.562. The average molecular weight is 279 g/mol. The smallest absolute Gasteiger partial charge is 0.257 e. The number of benzene rings is 1. The highest BCUT2D eigenvalue weighted by atomic mass is 16.5. The third kappa shape index (κ3) is 5.61. The molecular weight excluding hydrogens is 254 g/mol. The molecule has 0 heterocycles. The van der Waals surface area contributed by atoms with Crippen molar-refractivity contribution in [3.05, 3.63) is 29.3 Å². The van der Waals surface area contributed by atoms with Crippen molar-refractivity contribution in [1.82, 2.24) is 5.32 Å². The molecule has 0 spiro atoms. The third-order valence-corrected chi connectivity index (χ3v) is 3.41. The lowest BCUT2D eigenvalue weighted by atomic mass is 10.0. The van der Waals surface area contributed by atoms with Crippen LogP contribution in [0.2, 0.25) is 0 Å². The molecule has 2 N–H and O–H groups in total. The van der Waals surface area contributed by atoms with E-state index in [9.17, 15) is 4.79 Å². The molecule has 0 aliphatic carbocycles. The summed E-state index contributed by atoms with van der Waals surface area (Å²) < 4.78 is 5.54. The van der Waals surface area contributed by atoms with Gasteiger partial charge in [0.25, 0.3) is 5.91 Å². The van der Waals surface area contributed by atoms with Crippen LogP contribution in [0.5, 0.6) is 5.75 Å². The molecule has 0 bridgehead atoms. The molecule has 0 aliphatic rings. The van der Waals surface area contributed by atoms with Gasteiger partial charge >= 0.3 is 0 Å². The van der Waals surface area contributed by atoms with Crippen LogP contribution in [0.3, 0.4) is 0 Å². The third-order valence-electron chi connectivity index (χ3n) is 3.41. The van der Waals surface area contributed by atoms with Crippen molar-refractivity contribution in [3.63, 3.8) is 0 Å².